The zero-order valence-corrected chi connectivity index (χ0v) is 18.3. The van der Waals surface area contributed by atoms with Gasteiger partial charge in [0, 0.05) is 48.5 Å². The molecule has 1 aliphatic rings. The van der Waals surface area contributed by atoms with Crippen molar-refractivity contribution in [1.29, 1.82) is 0 Å². The third-order valence-electron chi connectivity index (χ3n) is 5.14. The Bertz CT molecular complexity index is 992. The molecule has 158 valence electrons. The summed E-state index contributed by atoms with van der Waals surface area (Å²) in [7, 11) is 0. The molecule has 1 saturated heterocycles. The highest BCUT2D eigenvalue weighted by atomic mass is 35.5. The Morgan fingerprint density at radius 3 is 2.53 bits per heavy atom. The summed E-state index contributed by atoms with van der Waals surface area (Å²) in [6.07, 6.45) is 7.37. The summed E-state index contributed by atoms with van der Waals surface area (Å²) in [6.45, 7) is 3.58. The number of halogens is 2. The molecule has 1 fully saturated rings. The molecule has 1 aromatic carbocycles. The summed E-state index contributed by atoms with van der Waals surface area (Å²) in [5.41, 5.74) is 1.96. The fourth-order valence-corrected chi connectivity index (χ4v) is 3.92. The van der Waals surface area contributed by atoms with Crippen LogP contribution in [0.3, 0.4) is 0 Å². The minimum Gasteiger partial charge on any atom is -0.384 e. The molecule has 30 heavy (non-hydrogen) atoms. The number of piperidine rings is 1. The number of nitrogens with zero attached hydrogens (tertiary/aromatic N) is 5. The third kappa shape index (κ3) is 5.40. The zero-order chi connectivity index (χ0) is 20.8. The van der Waals surface area contributed by atoms with Crippen LogP contribution in [-0.2, 0) is 0 Å². The normalized spacial score (nSPS) is 14.1. The number of anilines is 3. The number of nitrogens with one attached hydrogen (secondary N) is 2. The van der Waals surface area contributed by atoms with E-state index >= 15 is 0 Å². The molecule has 3 heterocycles. The molecule has 1 aliphatic heterocycles. The van der Waals surface area contributed by atoms with Gasteiger partial charge in [0.1, 0.15) is 0 Å². The highest BCUT2D eigenvalue weighted by molar-refractivity contribution is 6.31. The van der Waals surface area contributed by atoms with E-state index in [1.54, 1.807) is 6.20 Å². The lowest BCUT2D eigenvalue weighted by molar-refractivity contribution is 0.567. The summed E-state index contributed by atoms with van der Waals surface area (Å²) < 4.78 is 0. The van der Waals surface area contributed by atoms with Crippen molar-refractivity contribution < 1.29 is 0 Å². The largest absolute Gasteiger partial charge is 0.384 e. The monoisotopic (exact) mass is 445 g/mol. The second-order valence-electron chi connectivity index (χ2n) is 7.36. The van der Waals surface area contributed by atoms with Crippen molar-refractivity contribution in [3.8, 4) is 0 Å². The van der Waals surface area contributed by atoms with E-state index in [1.165, 1.54) is 19.3 Å². The molecule has 0 saturated carbocycles. The smallest absolute Gasteiger partial charge is 0.231 e. The van der Waals surface area contributed by atoms with E-state index in [1.807, 2.05) is 24.3 Å². The summed E-state index contributed by atoms with van der Waals surface area (Å²) in [6, 6.07) is 7.76. The average Bonchev–Trinajstić information content (AvgIpc) is 2.76. The van der Waals surface area contributed by atoms with Crippen LogP contribution in [0.15, 0.2) is 30.5 Å². The summed E-state index contributed by atoms with van der Waals surface area (Å²) in [5.74, 6) is 1.21. The van der Waals surface area contributed by atoms with Gasteiger partial charge >= 0.3 is 0 Å². The second-order valence-corrected chi connectivity index (χ2v) is 8.13. The Morgan fingerprint density at radius 2 is 1.70 bits per heavy atom. The highest BCUT2D eigenvalue weighted by Gasteiger charge is 2.15. The lowest BCUT2D eigenvalue weighted by Crippen LogP contribution is -2.31. The molecule has 0 aliphatic carbocycles. The van der Waals surface area contributed by atoms with E-state index in [2.05, 4.69) is 35.5 Å². The highest BCUT2D eigenvalue weighted by Crippen LogP contribution is 2.24. The van der Waals surface area contributed by atoms with Crippen LogP contribution in [0.2, 0.25) is 10.3 Å². The van der Waals surface area contributed by atoms with E-state index in [0.29, 0.717) is 16.9 Å². The van der Waals surface area contributed by atoms with Gasteiger partial charge in [-0.3, -0.25) is 4.98 Å². The van der Waals surface area contributed by atoms with Crippen molar-refractivity contribution in [2.24, 2.45) is 0 Å². The molecular formula is C21H25Cl2N7. The Balaban J connectivity index is 1.24. The van der Waals surface area contributed by atoms with E-state index < -0.39 is 0 Å². The average molecular weight is 446 g/mol. The number of aromatic nitrogens is 4. The van der Waals surface area contributed by atoms with Crippen molar-refractivity contribution in [2.45, 2.75) is 32.1 Å². The molecule has 0 radical (unpaired) electrons. The molecule has 0 unspecified atom stereocenters. The van der Waals surface area contributed by atoms with Crippen molar-refractivity contribution in [1.82, 2.24) is 19.9 Å². The second kappa shape index (κ2) is 10.1. The van der Waals surface area contributed by atoms with Crippen LogP contribution in [0.4, 0.5) is 17.6 Å². The minimum atomic E-state index is 0.236. The molecular weight excluding hydrogens is 421 g/mol. The van der Waals surface area contributed by atoms with E-state index in [-0.39, 0.29) is 5.28 Å². The molecule has 9 heteroatoms. The fraction of sp³-hybridized carbons (Fsp3) is 0.429. The van der Waals surface area contributed by atoms with Crippen LogP contribution in [0.1, 0.15) is 32.1 Å². The molecule has 0 spiro atoms. The maximum absolute atomic E-state index is 6.10. The van der Waals surface area contributed by atoms with Crippen LogP contribution >= 0.6 is 23.2 Å². The predicted molar refractivity (Wildman–Crippen MR) is 124 cm³/mol. The van der Waals surface area contributed by atoms with Gasteiger partial charge < -0.3 is 15.5 Å². The fourth-order valence-electron chi connectivity index (χ4n) is 3.60. The molecule has 0 amide bonds. The first-order chi connectivity index (χ1) is 14.7. The zero-order valence-electron chi connectivity index (χ0n) is 16.7. The number of benzene rings is 1. The van der Waals surface area contributed by atoms with Crippen LogP contribution in [0, 0.1) is 0 Å². The van der Waals surface area contributed by atoms with Crippen LogP contribution in [-0.4, -0.2) is 46.1 Å². The number of unbranched alkanes of at least 4 members (excludes halogenated alkanes) is 1. The molecule has 7 nitrogen and oxygen atoms in total. The van der Waals surface area contributed by atoms with Crippen LogP contribution in [0.5, 0.6) is 0 Å². The van der Waals surface area contributed by atoms with Gasteiger partial charge in [-0.1, -0.05) is 11.6 Å². The van der Waals surface area contributed by atoms with Gasteiger partial charge in [0.15, 0.2) is 0 Å². The number of hydrogen-bond acceptors (Lipinski definition) is 7. The summed E-state index contributed by atoms with van der Waals surface area (Å²) >= 11 is 12.2. The van der Waals surface area contributed by atoms with Crippen molar-refractivity contribution in [3.63, 3.8) is 0 Å². The quantitative estimate of drug-likeness (QED) is 0.471. The van der Waals surface area contributed by atoms with Crippen LogP contribution in [0.25, 0.3) is 10.9 Å². The standard InChI is InChI=1S/C21H25Cl2N7/c22-15-6-7-16-17(8-11-25-18(16)14-15)24-9-2-3-10-26-20-27-19(23)28-21(29-20)30-12-4-1-5-13-30/h6-8,11,14H,1-5,9-10,12-13H2,(H,24,25)(H,26,27,28,29). The molecule has 2 N–H and O–H groups in total. The van der Waals surface area contributed by atoms with Gasteiger partial charge in [-0.2, -0.15) is 15.0 Å². The summed E-state index contributed by atoms with van der Waals surface area (Å²) in [5, 5.41) is 8.77. The Kier molecular flexibility index (Phi) is 7.02. The first-order valence-electron chi connectivity index (χ1n) is 10.4. The minimum absolute atomic E-state index is 0.236. The van der Waals surface area contributed by atoms with Gasteiger partial charge in [-0.05, 0) is 68.0 Å². The topological polar surface area (TPSA) is 78.9 Å². The number of fused-ring (bicyclic) bond motifs is 1. The van der Waals surface area contributed by atoms with Crippen molar-refractivity contribution in [2.75, 3.05) is 41.7 Å². The lowest BCUT2D eigenvalue weighted by atomic mass is 10.1. The van der Waals surface area contributed by atoms with Crippen LogP contribution < -0.4 is 15.5 Å². The van der Waals surface area contributed by atoms with Gasteiger partial charge in [0.25, 0.3) is 0 Å². The van der Waals surface area contributed by atoms with E-state index in [9.17, 15) is 0 Å². The maximum atomic E-state index is 6.10. The van der Waals surface area contributed by atoms with Gasteiger partial charge in [-0.15, -0.1) is 0 Å². The Hall–Kier alpha value is -2.38. The first kappa shape index (κ1) is 20.9. The van der Waals surface area contributed by atoms with E-state index in [4.69, 9.17) is 23.2 Å². The molecule has 0 atom stereocenters. The number of hydrogen-bond donors (Lipinski definition) is 2. The third-order valence-corrected chi connectivity index (χ3v) is 5.55. The predicted octanol–water partition coefficient (Wildman–Crippen LogP) is 5.02. The molecule has 3 aromatic rings. The van der Waals surface area contributed by atoms with Gasteiger partial charge in [-0.25, -0.2) is 0 Å². The number of pyridine rings is 1. The maximum Gasteiger partial charge on any atom is 0.231 e. The van der Waals surface area contributed by atoms with Crippen molar-refractivity contribution in [3.05, 3.63) is 40.8 Å². The van der Waals surface area contributed by atoms with Gasteiger partial charge in [0.05, 0.1) is 5.52 Å². The van der Waals surface area contributed by atoms with Gasteiger partial charge in [0.2, 0.25) is 17.2 Å². The van der Waals surface area contributed by atoms with E-state index in [0.717, 1.165) is 55.6 Å². The Labute approximate surface area is 186 Å². The first-order valence-corrected chi connectivity index (χ1v) is 11.1. The SMILES string of the molecule is Clc1ccc2c(NCCCCNc3nc(Cl)nc(N4CCCCC4)n3)ccnc2c1. The molecule has 4 rings (SSSR count). The Morgan fingerprint density at radius 1 is 0.900 bits per heavy atom. The summed E-state index contributed by atoms with van der Waals surface area (Å²) in [4.78, 5) is 19.6. The molecule has 2 aromatic heterocycles. The lowest BCUT2D eigenvalue weighted by Gasteiger charge is -2.26. The number of rotatable bonds is 8. The van der Waals surface area contributed by atoms with Crippen molar-refractivity contribution >= 4 is 51.7 Å². The molecule has 0 bridgehead atoms.